The number of ether oxygens (including phenoxy) is 1. The second kappa shape index (κ2) is 6.78. The van der Waals surface area contributed by atoms with Gasteiger partial charge in [0, 0.05) is 6.54 Å². The average Bonchev–Trinajstić information content (AvgIpc) is 2.82. The predicted octanol–water partition coefficient (Wildman–Crippen LogP) is 2.69. The molecule has 0 saturated carbocycles. The molecule has 0 saturated heterocycles. The highest BCUT2D eigenvalue weighted by Gasteiger charge is 2.24. The normalized spacial score (nSPS) is 10.5. The summed E-state index contributed by atoms with van der Waals surface area (Å²) in [5, 5.41) is 17.9. The fraction of sp³-hybridized carbons (Fsp3) is 0.143. The first-order valence-corrected chi connectivity index (χ1v) is 7.33. The van der Waals surface area contributed by atoms with Gasteiger partial charge < -0.3 is 20.7 Å². The Morgan fingerprint density at radius 3 is 2.36 bits per heavy atom. The summed E-state index contributed by atoms with van der Waals surface area (Å²) >= 11 is 7.10. The van der Waals surface area contributed by atoms with E-state index in [2.05, 4.69) is 0 Å². The Balaban J connectivity index is 2.45. The van der Waals surface area contributed by atoms with Gasteiger partial charge in [-0.05, 0) is 11.1 Å². The van der Waals surface area contributed by atoms with Gasteiger partial charge in [-0.25, -0.2) is 9.59 Å². The van der Waals surface area contributed by atoms with E-state index in [1.807, 2.05) is 12.1 Å². The van der Waals surface area contributed by atoms with Crippen molar-refractivity contribution in [2.45, 2.75) is 6.54 Å². The van der Waals surface area contributed by atoms with Crippen molar-refractivity contribution < 1.29 is 24.5 Å². The van der Waals surface area contributed by atoms with E-state index in [1.54, 1.807) is 12.1 Å². The van der Waals surface area contributed by atoms with Gasteiger partial charge in [0.2, 0.25) is 0 Å². The van der Waals surface area contributed by atoms with Crippen LogP contribution in [0.1, 0.15) is 15.2 Å². The van der Waals surface area contributed by atoms with E-state index in [0.29, 0.717) is 17.0 Å². The van der Waals surface area contributed by atoms with E-state index in [0.717, 1.165) is 16.9 Å². The molecule has 1 heterocycles. The van der Waals surface area contributed by atoms with Crippen molar-refractivity contribution >= 4 is 34.9 Å². The SMILES string of the molecule is NCc1ccc(-c2sc(C(=O)O)c(OCC(=O)O)c2Cl)cc1. The molecular weight excluding hydrogens is 330 g/mol. The number of aromatic carboxylic acids is 1. The second-order valence-electron chi connectivity index (χ2n) is 4.29. The van der Waals surface area contributed by atoms with Crippen LogP contribution < -0.4 is 10.5 Å². The summed E-state index contributed by atoms with van der Waals surface area (Å²) in [6.07, 6.45) is 0. The van der Waals surface area contributed by atoms with Crippen LogP contribution in [0.2, 0.25) is 5.02 Å². The zero-order valence-corrected chi connectivity index (χ0v) is 12.8. The zero-order chi connectivity index (χ0) is 16.3. The summed E-state index contributed by atoms with van der Waals surface area (Å²) in [4.78, 5) is 22.2. The quantitative estimate of drug-likeness (QED) is 0.745. The lowest BCUT2D eigenvalue weighted by Crippen LogP contribution is -2.10. The highest BCUT2D eigenvalue weighted by atomic mass is 35.5. The number of nitrogens with two attached hydrogens (primary N) is 1. The molecule has 2 rings (SSSR count). The largest absolute Gasteiger partial charge is 0.479 e. The number of benzene rings is 1. The lowest BCUT2D eigenvalue weighted by Gasteiger charge is -2.04. The summed E-state index contributed by atoms with van der Waals surface area (Å²) in [5.74, 6) is -2.57. The van der Waals surface area contributed by atoms with Crippen LogP contribution in [-0.4, -0.2) is 28.8 Å². The molecule has 0 atom stereocenters. The highest BCUT2D eigenvalue weighted by Crippen LogP contribution is 2.45. The van der Waals surface area contributed by atoms with E-state index in [1.165, 1.54) is 0 Å². The van der Waals surface area contributed by atoms with Crippen LogP contribution in [0.3, 0.4) is 0 Å². The van der Waals surface area contributed by atoms with Gasteiger partial charge in [-0.2, -0.15) is 0 Å². The van der Waals surface area contributed by atoms with Crippen molar-refractivity contribution in [2.75, 3.05) is 6.61 Å². The summed E-state index contributed by atoms with van der Waals surface area (Å²) in [6.45, 7) is -0.270. The first kappa shape index (κ1) is 16.3. The summed E-state index contributed by atoms with van der Waals surface area (Å²) in [6, 6.07) is 7.16. The molecule has 0 fully saturated rings. The fourth-order valence-electron chi connectivity index (χ4n) is 1.78. The van der Waals surface area contributed by atoms with Gasteiger partial charge in [-0.3, -0.25) is 0 Å². The maximum atomic E-state index is 11.3. The molecule has 116 valence electrons. The molecule has 0 radical (unpaired) electrons. The van der Waals surface area contributed by atoms with Crippen LogP contribution in [0.15, 0.2) is 24.3 Å². The minimum absolute atomic E-state index is 0.0872. The van der Waals surface area contributed by atoms with E-state index in [4.69, 9.17) is 27.2 Å². The molecule has 0 aliphatic rings. The predicted molar refractivity (Wildman–Crippen MR) is 82.7 cm³/mol. The minimum atomic E-state index is -1.22. The molecule has 0 unspecified atom stereocenters. The van der Waals surface area contributed by atoms with E-state index in [9.17, 15) is 14.7 Å². The van der Waals surface area contributed by atoms with Gasteiger partial charge >= 0.3 is 11.9 Å². The number of rotatable bonds is 6. The number of hydrogen-bond acceptors (Lipinski definition) is 5. The molecule has 2 aromatic rings. The smallest absolute Gasteiger partial charge is 0.349 e. The molecule has 0 aliphatic carbocycles. The third kappa shape index (κ3) is 3.38. The first-order chi connectivity index (χ1) is 10.4. The molecule has 1 aromatic carbocycles. The molecule has 22 heavy (non-hydrogen) atoms. The summed E-state index contributed by atoms with van der Waals surface area (Å²) < 4.78 is 5.02. The molecule has 0 aliphatic heterocycles. The van der Waals surface area contributed by atoms with Crippen molar-refractivity contribution in [1.29, 1.82) is 0 Å². The lowest BCUT2D eigenvalue weighted by molar-refractivity contribution is -0.139. The van der Waals surface area contributed by atoms with Crippen LogP contribution in [0.4, 0.5) is 0 Å². The van der Waals surface area contributed by atoms with Crippen LogP contribution in [-0.2, 0) is 11.3 Å². The van der Waals surface area contributed by atoms with E-state index < -0.39 is 18.5 Å². The van der Waals surface area contributed by atoms with E-state index in [-0.39, 0.29) is 15.6 Å². The highest BCUT2D eigenvalue weighted by molar-refractivity contribution is 7.18. The maximum absolute atomic E-state index is 11.3. The van der Waals surface area contributed by atoms with Crippen LogP contribution >= 0.6 is 22.9 Å². The number of hydrogen-bond donors (Lipinski definition) is 3. The van der Waals surface area contributed by atoms with Crippen LogP contribution in [0, 0.1) is 0 Å². The number of carboxylic acid groups (broad SMARTS) is 2. The first-order valence-electron chi connectivity index (χ1n) is 6.13. The van der Waals surface area contributed by atoms with Crippen molar-refractivity contribution in [3.8, 4) is 16.2 Å². The zero-order valence-electron chi connectivity index (χ0n) is 11.2. The van der Waals surface area contributed by atoms with Crippen molar-refractivity contribution in [3.05, 3.63) is 39.7 Å². The molecule has 0 bridgehead atoms. The van der Waals surface area contributed by atoms with Crippen molar-refractivity contribution in [1.82, 2.24) is 0 Å². The van der Waals surface area contributed by atoms with Crippen LogP contribution in [0.25, 0.3) is 10.4 Å². The molecule has 8 heteroatoms. The lowest BCUT2D eigenvalue weighted by atomic mass is 10.1. The summed E-state index contributed by atoms with van der Waals surface area (Å²) in [5.41, 5.74) is 7.16. The monoisotopic (exact) mass is 341 g/mol. The number of thiophene rings is 1. The average molecular weight is 342 g/mol. The Morgan fingerprint density at radius 1 is 1.23 bits per heavy atom. The Bertz CT molecular complexity index is 711. The maximum Gasteiger partial charge on any atom is 0.349 e. The minimum Gasteiger partial charge on any atom is -0.479 e. The molecule has 1 aromatic heterocycles. The number of carboxylic acids is 2. The Hall–Kier alpha value is -2.09. The number of halogens is 1. The standard InChI is InChI=1S/C14H12ClNO5S/c15-10-11(21-6-9(17)18)13(14(19)20)22-12(10)8-3-1-7(5-16)2-4-8/h1-4H,5-6,16H2,(H,17,18)(H,19,20). The molecule has 0 spiro atoms. The van der Waals surface area contributed by atoms with E-state index >= 15 is 0 Å². The number of carbonyl (C=O) groups is 2. The fourth-order valence-corrected chi connectivity index (χ4v) is 3.19. The van der Waals surface area contributed by atoms with Crippen LogP contribution in [0.5, 0.6) is 5.75 Å². The third-order valence-electron chi connectivity index (χ3n) is 2.80. The molecule has 0 amide bonds. The number of aliphatic carboxylic acids is 1. The summed E-state index contributed by atoms with van der Waals surface area (Å²) in [7, 11) is 0. The van der Waals surface area contributed by atoms with Gasteiger partial charge in [0.1, 0.15) is 5.02 Å². The Morgan fingerprint density at radius 2 is 1.86 bits per heavy atom. The van der Waals surface area contributed by atoms with Gasteiger partial charge in [0.25, 0.3) is 0 Å². The Kier molecular flexibility index (Phi) is 5.02. The van der Waals surface area contributed by atoms with Crippen molar-refractivity contribution in [3.63, 3.8) is 0 Å². The Labute approximate surface area is 134 Å². The second-order valence-corrected chi connectivity index (χ2v) is 5.69. The van der Waals surface area contributed by atoms with Gasteiger partial charge in [-0.1, -0.05) is 35.9 Å². The molecule has 4 N–H and O–H groups in total. The van der Waals surface area contributed by atoms with Gasteiger partial charge in [0.15, 0.2) is 17.2 Å². The van der Waals surface area contributed by atoms with Crippen molar-refractivity contribution in [2.24, 2.45) is 5.73 Å². The third-order valence-corrected chi connectivity index (χ3v) is 4.48. The molecular formula is C14H12ClNO5S. The topological polar surface area (TPSA) is 110 Å². The van der Waals surface area contributed by atoms with Gasteiger partial charge in [0.05, 0.1) is 4.88 Å². The van der Waals surface area contributed by atoms with Gasteiger partial charge in [-0.15, -0.1) is 11.3 Å². The molecule has 6 nitrogen and oxygen atoms in total.